The van der Waals surface area contributed by atoms with Crippen molar-refractivity contribution in [1.29, 1.82) is 5.26 Å². The molecular weight excluding hydrogens is 208 g/mol. The molecule has 1 heterocycles. The summed E-state index contributed by atoms with van der Waals surface area (Å²) in [5.41, 5.74) is 2.43. The van der Waals surface area contributed by atoms with Crippen molar-refractivity contribution in [1.82, 2.24) is 4.98 Å². The molecule has 0 radical (unpaired) electrons. The van der Waals surface area contributed by atoms with Gasteiger partial charge in [-0.15, -0.1) is 0 Å². The van der Waals surface area contributed by atoms with Crippen molar-refractivity contribution in [3.8, 4) is 17.2 Å². The van der Waals surface area contributed by atoms with Crippen molar-refractivity contribution in [2.75, 3.05) is 0 Å². The van der Waals surface area contributed by atoms with Gasteiger partial charge in [0.15, 0.2) is 0 Å². The van der Waals surface area contributed by atoms with Gasteiger partial charge in [0, 0.05) is 23.0 Å². The molecule has 0 saturated carbocycles. The first-order valence-corrected chi connectivity index (χ1v) is 4.79. The number of halogens is 1. The predicted molar refractivity (Wildman–Crippen MR) is 59.4 cm³/mol. The van der Waals surface area contributed by atoms with Crippen LogP contribution in [0, 0.1) is 11.3 Å². The minimum atomic E-state index is 0.603. The Kier molecular flexibility index (Phi) is 2.66. The van der Waals surface area contributed by atoms with Crippen molar-refractivity contribution in [2.45, 2.75) is 0 Å². The average Bonchev–Trinajstić information content (AvgIpc) is 2.31. The minimum absolute atomic E-state index is 0.603. The molecule has 0 aliphatic carbocycles. The summed E-state index contributed by atoms with van der Waals surface area (Å²) in [4.78, 5) is 3.94. The molecule has 15 heavy (non-hydrogen) atoms. The largest absolute Gasteiger partial charge is 0.265 e. The smallest absolute Gasteiger partial charge is 0.0991 e. The summed E-state index contributed by atoms with van der Waals surface area (Å²) in [7, 11) is 0. The van der Waals surface area contributed by atoms with Crippen LogP contribution in [0.5, 0.6) is 0 Å². The minimum Gasteiger partial charge on any atom is -0.265 e. The van der Waals surface area contributed by atoms with Crippen LogP contribution in [0.2, 0.25) is 5.02 Å². The molecule has 0 fully saturated rings. The number of aromatic nitrogens is 1. The number of pyridine rings is 1. The van der Waals surface area contributed by atoms with E-state index in [-0.39, 0.29) is 0 Å². The third-order valence-corrected chi connectivity index (χ3v) is 2.42. The summed E-state index contributed by atoms with van der Waals surface area (Å²) in [6.07, 6.45) is 3.40. The molecule has 0 unspecified atom stereocenters. The van der Waals surface area contributed by atoms with Crippen molar-refractivity contribution in [2.24, 2.45) is 0 Å². The van der Waals surface area contributed by atoms with E-state index < -0.39 is 0 Å². The number of nitriles is 1. The van der Waals surface area contributed by atoms with Crippen molar-refractivity contribution >= 4 is 11.6 Å². The van der Waals surface area contributed by atoms with Crippen LogP contribution in [0.3, 0.4) is 0 Å². The number of rotatable bonds is 1. The molecule has 0 N–H and O–H groups in total. The number of benzene rings is 1. The summed E-state index contributed by atoms with van der Waals surface area (Å²) in [5.74, 6) is 0. The van der Waals surface area contributed by atoms with E-state index in [0.29, 0.717) is 10.6 Å². The molecule has 0 atom stereocenters. The third kappa shape index (κ3) is 1.98. The first-order chi connectivity index (χ1) is 7.31. The van der Waals surface area contributed by atoms with Gasteiger partial charge in [0.1, 0.15) is 0 Å². The van der Waals surface area contributed by atoms with Gasteiger partial charge in [0.25, 0.3) is 0 Å². The van der Waals surface area contributed by atoms with Crippen molar-refractivity contribution in [3.05, 3.63) is 53.3 Å². The highest BCUT2D eigenvalue weighted by molar-refractivity contribution is 6.33. The van der Waals surface area contributed by atoms with Crippen LogP contribution in [-0.2, 0) is 0 Å². The van der Waals surface area contributed by atoms with Gasteiger partial charge in [-0.05, 0) is 35.9 Å². The van der Waals surface area contributed by atoms with Crippen LogP contribution in [-0.4, -0.2) is 4.98 Å². The van der Waals surface area contributed by atoms with E-state index in [9.17, 15) is 0 Å². The molecule has 2 rings (SSSR count). The average molecular weight is 215 g/mol. The van der Waals surface area contributed by atoms with E-state index in [2.05, 4.69) is 11.1 Å². The van der Waals surface area contributed by atoms with E-state index >= 15 is 0 Å². The first kappa shape index (κ1) is 9.70. The summed E-state index contributed by atoms with van der Waals surface area (Å²) in [5, 5.41) is 9.43. The lowest BCUT2D eigenvalue weighted by Gasteiger charge is -2.03. The van der Waals surface area contributed by atoms with Crippen molar-refractivity contribution < 1.29 is 0 Å². The zero-order valence-corrected chi connectivity index (χ0v) is 8.57. The standard InChI is InChI=1S/C12H7ClN2/c13-12-2-1-9(8-14)7-11(12)10-3-5-15-6-4-10/h1-7H. The quantitative estimate of drug-likeness (QED) is 0.731. The van der Waals surface area contributed by atoms with E-state index in [1.807, 2.05) is 12.1 Å². The fourth-order valence-corrected chi connectivity index (χ4v) is 1.57. The lowest BCUT2D eigenvalue weighted by atomic mass is 10.0. The summed E-state index contributed by atoms with van der Waals surface area (Å²) in [6.45, 7) is 0. The van der Waals surface area contributed by atoms with Gasteiger partial charge in [-0.3, -0.25) is 4.98 Å². The fourth-order valence-electron chi connectivity index (χ4n) is 1.35. The monoisotopic (exact) mass is 214 g/mol. The molecule has 72 valence electrons. The Hall–Kier alpha value is -1.85. The molecule has 2 nitrogen and oxygen atoms in total. The molecule has 0 amide bonds. The Morgan fingerprint density at radius 2 is 1.87 bits per heavy atom. The van der Waals surface area contributed by atoms with Gasteiger partial charge in [-0.25, -0.2) is 0 Å². The predicted octanol–water partition coefficient (Wildman–Crippen LogP) is 3.27. The van der Waals surface area contributed by atoms with Crippen LogP contribution in [0.15, 0.2) is 42.7 Å². The summed E-state index contributed by atoms with van der Waals surface area (Å²) >= 11 is 6.06. The number of nitrogens with zero attached hydrogens (tertiary/aromatic N) is 2. The molecule has 0 spiro atoms. The lowest BCUT2D eigenvalue weighted by molar-refractivity contribution is 1.33. The fraction of sp³-hybridized carbons (Fsp3) is 0. The van der Waals surface area contributed by atoms with E-state index in [1.165, 1.54) is 0 Å². The summed E-state index contributed by atoms with van der Waals surface area (Å²) < 4.78 is 0. The van der Waals surface area contributed by atoms with Crippen LogP contribution >= 0.6 is 11.6 Å². The lowest BCUT2D eigenvalue weighted by Crippen LogP contribution is -1.82. The van der Waals surface area contributed by atoms with Gasteiger partial charge in [-0.1, -0.05) is 11.6 Å². The normalized spacial score (nSPS) is 9.60. The maximum atomic E-state index is 8.79. The topological polar surface area (TPSA) is 36.7 Å². The van der Waals surface area contributed by atoms with Gasteiger partial charge in [-0.2, -0.15) is 5.26 Å². The van der Waals surface area contributed by atoms with Crippen LogP contribution in [0.4, 0.5) is 0 Å². The Balaban J connectivity index is 2.58. The third-order valence-electron chi connectivity index (χ3n) is 2.09. The second-order valence-corrected chi connectivity index (χ2v) is 3.45. The molecule has 3 heteroatoms. The highest BCUT2D eigenvalue weighted by Crippen LogP contribution is 2.27. The zero-order valence-electron chi connectivity index (χ0n) is 7.81. The van der Waals surface area contributed by atoms with Gasteiger partial charge in [0.2, 0.25) is 0 Å². The first-order valence-electron chi connectivity index (χ1n) is 4.41. The molecule has 0 aliphatic rings. The Bertz CT molecular complexity index is 515. The van der Waals surface area contributed by atoms with Crippen LogP contribution < -0.4 is 0 Å². The second-order valence-electron chi connectivity index (χ2n) is 3.04. The molecule has 0 aliphatic heterocycles. The molecule has 1 aromatic heterocycles. The van der Waals surface area contributed by atoms with Crippen LogP contribution in [0.1, 0.15) is 5.56 Å². The molecular formula is C12H7ClN2. The second kappa shape index (κ2) is 4.12. The van der Waals surface area contributed by atoms with Gasteiger partial charge < -0.3 is 0 Å². The Labute approximate surface area is 92.8 Å². The van der Waals surface area contributed by atoms with E-state index in [0.717, 1.165) is 11.1 Å². The van der Waals surface area contributed by atoms with Gasteiger partial charge in [0.05, 0.1) is 11.6 Å². The Morgan fingerprint density at radius 3 is 2.53 bits per heavy atom. The van der Waals surface area contributed by atoms with Crippen molar-refractivity contribution in [3.63, 3.8) is 0 Å². The number of hydrogen-bond acceptors (Lipinski definition) is 2. The highest BCUT2D eigenvalue weighted by Gasteiger charge is 2.03. The maximum absolute atomic E-state index is 8.79. The molecule has 0 saturated heterocycles. The zero-order chi connectivity index (χ0) is 10.7. The maximum Gasteiger partial charge on any atom is 0.0991 e. The SMILES string of the molecule is N#Cc1ccc(Cl)c(-c2ccncc2)c1. The van der Waals surface area contributed by atoms with E-state index in [1.54, 1.807) is 30.6 Å². The molecule has 0 bridgehead atoms. The molecule has 2 aromatic rings. The van der Waals surface area contributed by atoms with Crippen LogP contribution in [0.25, 0.3) is 11.1 Å². The summed E-state index contributed by atoms with van der Waals surface area (Å²) in [6, 6.07) is 11.0. The van der Waals surface area contributed by atoms with E-state index in [4.69, 9.17) is 16.9 Å². The molecule has 1 aromatic carbocycles. The highest BCUT2D eigenvalue weighted by atomic mass is 35.5. The Morgan fingerprint density at radius 1 is 1.13 bits per heavy atom. The number of hydrogen-bond donors (Lipinski definition) is 0. The van der Waals surface area contributed by atoms with Gasteiger partial charge >= 0.3 is 0 Å².